The number of thiophene rings is 1. The first-order valence-corrected chi connectivity index (χ1v) is 11.1. The number of nitrogens with one attached hydrogen (secondary N) is 2. The number of rotatable bonds is 7. The molecule has 0 bridgehead atoms. The number of benzene rings is 1. The number of aromatic nitrogens is 3. The molecule has 0 aliphatic heterocycles. The summed E-state index contributed by atoms with van der Waals surface area (Å²) in [6, 6.07) is 13.4. The number of imide groups is 1. The summed E-state index contributed by atoms with van der Waals surface area (Å²) in [4.78, 5) is 25.8. The molecule has 1 unspecified atom stereocenters. The van der Waals surface area contributed by atoms with Gasteiger partial charge in [0.15, 0.2) is 5.16 Å². The summed E-state index contributed by atoms with van der Waals surface area (Å²) in [7, 11) is 1.48. The van der Waals surface area contributed by atoms with Gasteiger partial charge in [-0.3, -0.25) is 10.1 Å². The molecule has 3 amide bonds. The lowest BCUT2D eigenvalue weighted by Crippen LogP contribution is -2.39. The summed E-state index contributed by atoms with van der Waals surface area (Å²) >= 11 is 3.03. The monoisotopic (exact) mass is 427 g/mol. The van der Waals surface area contributed by atoms with Gasteiger partial charge in [-0.25, -0.2) is 4.79 Å². The van der Waals surface area contributed by atoms with Crippen LogP contribution in [0.3, 0.4) is 0 Å². The maximum Gasteiger partial charge on any atom is 0.321 e. The molecule has 0 spiro atoms. The molecule has 1 atom stereocenters. The van der Waals surface area contributed by atoms with E-state index in [2.05, 4.69) is 36.8 Å². The number of thioether (sulfide) groups is 1. The Labute approximate surface area is 176 Å². The van der Waals surface area contributed by atoms with Crippen LogP contribution >= 0.6 is 23.1 Å². The second-order valence-electron chi connectivity index (χ2n) is 6.73. The van der Waals surface area contributed by atoms with Crippen LogP contribution in [0.1, 0.15) is 40.4 Å². The minimum Gasteiger partial charge on any atom is -0.341 e. The fraction of sp³-hybridized carbons (Fsp3) is 0.300. The average molecular weight is 428 g/mol. The zero-order chi connectivity index (χ0) is 20.2. The zero-order valence-electron chi connectivity index (χ0n) is 15.9. The van der Waals surface area contributed by atoms with Crippen molar-refractivity contribution in [2.75, 3.05) is 7.05 Å². The molecule has 0 radical (unpaired) electrons. The number of urea groups is 1. The highest BCUT2D eigenvalue weighted by Gasteiger charge is 2.33. The molecule has 2 N–H and O–H groups in total. The van der Waals surface area contributed by atoms with Crippen LogP contribution in [-0.2, 0) is 11.2 Å². The number of hydrogen-bond donors (Lipinski definition) is 2. The average Bonchev–Trinajstić information content (AvgIpc) is 3.29. The van der Waals surface area contributed by atoms with Crippen molar-refractivity contribution in [3.63, 3.8) is 0 Å². The molecule has 3 aromatic rings. The van der Waals surface area contributed by atoms with E-state index in [1.54, 1.807) is 11.3 Å². The van der Waals surface area contributed by atoms with Crippen molar-refractivity contribution in [2.24, 2.45) is 0 Å². The lowest BCUT2D eigenvalue weighted by molar-refractivity contribution is -0.119. The Balaban J connectivity index is 1.62. The first-order valence-electron chi connectivity index (χ1n) is 9.36. The van der Waals surface area contributed by atoms with Crippen LogP contribution in [0.15, 0.2) is 53.0 Å². The van der Waals surface area contributed by atoms with E-state index in [9.17, 15) is 9.59 Å². The highest BCUT2D eigenvalue weighted by Crippen LogP contribution is 2.42. The van der Waals surface area contributed by atoms with Crippen LogP contribution in [0.2, 0.25) is 0 Å². The summed E-state index contributed by atoms with van der Waals surface area (Å²) in [5, 5.41) is 15.8. The third kappa shape index (κ3) is 4.68. The van der Waals surface area contributed by atoms with Crippen molar-refractivity contribution in [3.05, 3.63) is 64.1 Å². The summed E-state index contributed by atoms with van der Waals surface area (Å²) in [6.45, 7) is 0. The molecule has 1 aliphatic carbocycles. The van der Waals surface area contributed by atoms with Gasteiger partial charge in [0.2, 0.25) is 5.91 Å². The standard InChI is InChI=1S/C20H21N5O2S2/c1-21-19(27)22-18(26)17(13-6-3-2-4-7-13)29-20-24-23-16(25(20)14-9-10-14)12-15-8-5-11-28-15/h2-8,11,14,17H,9-10,12H2,1H3,(H2,21,22,26,27). The molecule has 1 aliphatic rings. The molecule has 0 saturated heterocycles. The molecule has 4 rings (SSSR count). The maximum atomic E-state index is 12.8. The first kappa shape index (κ1) is 19.7. The minimum atomic E-state index is -0.607. The van der Waals surface area contributed by atoms with Crippen LogP contribution in [0, 0.1) is 0 Å². The predicted molar refractivity (Wildman–Crippen MR) is 113 cm³/mol. The van der Waals surface area contributed by atoms with E-state index in [4.69, 9.17) is 0 Å². The number of carbonyl (C=O) groups is 2. The van der Waals surface area contributed by atoms with Gasteiger partial charge < -0.3 is 9.88 Å². The van der Waals surface area contributed by atoms with Crippen molar-refractivity contribution < 1.29 is 9.59 Å². The topological polar surface area (TPSA) is 88.9 Å². The molecular formula is C20H21N5O2S2. The highest BCUT2D eigenvalue weighted by molar-refractivity contribution is 8.00. The molecule has 1 saturated carbocycles. The van der Waals surface area contributed by atoms with Gasteiger partial charge in [0.25, 0.3) is 0 Å². The number of amides is 3. The summed E-state index contributed by atoms with van der Waals surface area (Å²) in [5.41, 5.74) is 0.809. The SMILES string of the molecule is CNC(=O)NC(=O)C(Sc1nnc(Cc2cccs2)n1C1CC1)c1ccccc1. The van der Waals surface area contributed by atoms with Gasteiger partial charge in [-0.05, 0) is 29.9 Å². The van der Waals surface area contributed by atoms with Gasteiger partial charge in [-0.1, -0.05) is 48.2 Å². The lowest BCUT2D eigenvalue weighted by atomic mass is 10.1. The van der Waals surface area contributed by atoms with Gasteiger partial charge >= 0.3 is 6.03 Å². The number of carbonyl (C=O) groups excluding carboxylic acids is 2. The maximum absolute atomic E-state index is 12.8. The highest BCUT2D eigenvalue weighted by atomic mass is 32.2. The van der Waals surface area contributed by atoms with Crippen LogP contribution < -0.4 is 10.6 Å². The second-order valence-corrected chi connectivity index (χ2v) is 8.84. The Hall–Kier alpha value is -2.65. The van der Waals surface area contributed by atoms with Crippen molar-refractivity contribution in [1.82, 2.24) is 25.4 Å². The number of hydrogen-bond acceptors (Lipinski definition) is 6. The molecule has 7 nitrogen and oxygen atoms in total. The van der Waals surface area contributed by atoms with E-state index < -0.39 is 11.3 Å². The van der Waals surface area contributed by atoms with E-state index in [0.29, 0.717) is 11.2 Å². The predicted octanol–water partition coefficient (Wildman–Crippen LogP) is 3.55. The van der Waals surface area contributed by atoms with Gasteiger partial charge in [0, 0.05) is 24.4 Å². The molecule has 2 heterocycles. The zero-order valence-corrected chi connectivity index (χ0v) is 17.5. The molecule has 1 fully saturated rings. The Kier molecular flexibility index (Phi) is 5.96. The van der Waals surface area contributed by atoms with E-state index >= 15 is 0 Å². The molecular weight excluding hydrogens is 406 g/mol. The fourth-order valence-electron chi connectivity index (χ4n) is 3.02. The molecule has 29 heavy (non-hydrogen) atoms. The van der Waals surface area contributed by atoms with E-state index in [1.807, 2.05) is 36.4 Å². The molecule has 150 valence electrons. The fourth-order valence-corrected chi connectivity index (χ4v) is 4.85. The minimum absolute atomic E-state index is 0.376. The van der Waals surface area contributed by atoms with Crippen molar-refractivity contribution in [1.29, 1.82) is 0 Å². The van der Waals surface area contributed by atoms with Crippen LogP contribution in [0.25, 0.3) is 0 Å². The lowest BCUT2D eigenvalue weighted by Gasteiger charge is -2.17. The van der Waals surface area contributed by atoms with E-state index in [0.717, 1.165) is 30.7 Å². The van der Waals surface area contributed by atoms with Gasteiger partial charge in [-0.2, -0.15) is 0 Å². The Morgan fingerprint density at radius 2 is 2.00 bits per heavy atom. The Morgan fingerprint density at radius 3 is 2.66 bits per heavy atom. The molecule has 1 aromatic carbocycles. The summed E-state index contributed by atoms with van der Waals surface area (Å²) in [5.74, 6) is 0.529. The molecule has 2 aromatic heterocycles. The Bertz CT molecular complexity index is 984. The van der Waals surface area contributed by atoms with Gasteiger partial charge in [-0.15, -0.1) is 21.5 Å². The van der Waals surface area contributed by atoms with E-state index in [-0.39, 0.29) is 5.91 Å². The van der Waals surface area contributed by atoms with Crippen LogP contribution in [-0.4, -0.2) is 33.8 Å². The largest absolute Gasteiger partial charge is 0.341 e. The smallest absolute Gasteiger partial charge is 0.321 e. The van der Waals surface area contributed by atoms with Gasteiger partial charge in [0.1, 0.15) is 11.1 Å². The second kappa shape index (κ2) is 8.79. The van der Waals surface area contributed by atoms with Crippen molar-refractivity contribution >= 4 is 35.0 Å². The first-order chi connectivity index (χ1) is 14.2. The van der Waals surface area contributed by atoms with E-state index in [1.165, 1.54) is 23.7 Å². The van der Waals surface area contributed by atoms with Crippen LogP contribution in [0.4, 0.5) is 4.79 Å². The van der Waals surface area contributed by atoms with Crippen molar-refractivity contribution in [3.8, 4) is 0 Å². The Morgan fingerprint density at radius 1 is 1.21 bits per heavy atom. The number of nitrogens with zero attached hydrogens (tertiary/aromatic N) is 3. The van der Waals surface area contributed by atoms with Crippen LogP contribution in [0.5, 0.6) is 0 Å². The summed E-state index contributed by atoms with van der Waals surface area (Å²) in [6.07, 6.45) is 2.90. The van der Waals surface area contributed by atoms with Gasteiger partial charge in [0.05, 0.1) is 0 Å². The summed E-state index contributed by atoms with van der Waals surface area (Å²) < 4.78 is 2.16. The third-order valence-electron chi connectivity index (χ3n) is 4.59. The molecule has 9 heteroatoms. The quantitative estimate of drug-likeness (QED) is 0.563. The normalized spacial score (nSPS) is 14.4. The third-order valence-corrected chi connectivity index (χ3v) is 6.67. The van der Waals surface area contributed by atoms with Crippen molar-refractivity contribution in [2.45, 2.75) is 35.7 Å².